The molecule has 0 saturated carbocycles. The number of hydrogen-bond donors (Lipinski definition) is 5. The number of pyridine rings is 1. The molecule has 0 unspecified atom stereocenters. The Hall–Kier alpha value is -2.16. The quantitative estimate of drug-likeness (QED) is 0.368. The molecule has 2 rings (SSSR count). The van der Waals surface area contributed by atoms with Crippen LogP contribution in [0.25, 0.3) is 15.9 Å². The Bertz CT molecular complexity index is 709. The van der Waals surface area contributed by atoms with E-state index in [0.717, 1.165) is 20.8 Å². The fourth-order valence-corrected chi connectivity index (χ4v) is 2.97. The van der Waals surface area contributed by atoms with Crippen LogP contribution in [0, 0.1) is 5.92 Å². The van der Waals surface area contributed by atoms with Crippen molar-refractivity contribution >= 4 is 45.0 Å². The van der Waals surface area contributed by atoms with Crippen LogP contribution in [-0.4, -0.2) is 41.2 Å². The van der Waals surface area contributed by atoms with Gasteiger partial charge in [-0.05, 0) is 13.0 Å². The van der Waals surface area contributed by atoms with E-state index < -0.39 is 0 Å². The molecule has 0 aliphatic rings. The van der Waals surface area contributed by atoms with Gasteiger partial charge in [0.2, 0.25) is 0 Å². The second-order valence-electron chi connectivity index (χ2n) is 5.01. The van der Waals surface area contributed by atoms with Gasteiger partial charge < -0.3 is 21.3 Å². The van der Waals surface area contributed by atoms with Gasteiger partial charge >= 0.3 is 0 Å². The number of rotatable bonds is 8. The van der Waals surface area contributed by atoms with E-state index in [0.29, 0.717) is 18.1 Å². The van der Waals surface area contributed by atoms with E-state index in [1.165, 1.54) is 11.3 Å². The number of aliphatic hydroxyl groups excluding tert-OH is 2. The molecule has 0 aliphatic heterocycles. The molecule has 7 nitrogen and oxygen atoms in total. The average Bonchev–Trinajstić information content (AvgIpc) is 2.97. The number of nitrogens with one attached hydrogen (secondary N) is 2. The minimum atomic E-state index is -0.227. The molecule has 0 bridgehead atoms. The summed E-state index contributed by atoms with van der Waals surface area (Å²) in [5, 5.41) is 25.5. The third-order valence-electron chi connectivity index (χ3n) is 3.22. The number of fused-ring (bicyclic) bond motifs is 1. The Morgan fingerprint density at radius 1 is 1.48 bits per heavy atom. The Morgan fingerprint density at radius 3 is 2.87 bits per heavy atom. The highest BCUT2D eigenvalue weighted by Gasteiger charge is 2.13. The van der Waals surface area contributed by atoms with Crippen molar-refractivity contribution in [3.05, 3.63) is 23.6 Å². The predicted molar refractivity (Wildman–Crippen MR) is 96.5 cm³/mol. The number of nitrogens with two attached hydrogens (primary N) is 1. The Labute approximate surface area is 138 Å². The smallest absolute Gasteiger partial charge is 0.126 e. The minimum Gasteiger partial charge on any atom is -0.396 e. The molecular weight excluding hydrogens is 314 g/mol. The highest BCUT2D eigenvalue weighted by molar-refractivity contribution is 7.20. The molecular formula is C15H21N5O2S. The molecule has 2 heterocycles. The maximum absolute atomic E-state index is 9.16. The number of aliphatic hydroxyl groups is 2. The van der Waals surface area contributed by atoms with Crippen LogP contribution in [0.15, 0.2) is 23.8 Å². The largest absolute Gasteiger partial charge is 0.396 e. The van der Waals surface area contributed by atoms with Gasteiger partial charge in [-0.3, -0.25) is 5.43 Å². The van der Waals surface area contributed by atoms with Crippen molar-refractivity contribution < 1.29 is 10.2 Å². The highest BCUT2D eigenvalue weighted by atomic mass is 32.1. The van der Waals surface area contributed by atoms with Gasteiger partial charge in [0.1, 0.15) is 5.82 Å². The van der Waals surface area contributed by atoms with Crippen molar-refractivity contribution in [3.8, 4) is 0 Å². The number of hydrazone groups is 1. The fraction of sp³-hybridized carbons (Fsp3) is 0.333. The lowest BCUT2D eigenvalue weighted by Crippen LogP contribution is -2.21. The van der Waals surface area contributed by atoms with E-state index in [9.17, 15) is 0 Å². The topological polar surface area (TPSA) is 116 Å². The zero-order valence-electron chi connectivity index (χ0n) is 12.9. The number of nitrogens with zero attached hydrogens (tertiary/aromatic N) is 2. The van der Waals surface area contributed by atoms with E-state index >= 15 is 0 Å². The van der Waals surface area contributed by atoms with Gasteiger partial charge in [0.15, 0.2) is 0 Å². The van der Waals surface area contributed by atoms with Crippen LogP contribution in [0.2, 0.25) is 0 Å². The monoisotopic (exact) mass is 335 g/mol. The molecule has 8 heteroatoms. The van der Waals surface area contributed by atoms with Gasteiger partial charge in [-0.15, -0.1) is 11.3 Å². The summed E-state index contributed by atoms with van der Waals surface area (Å²) in [6.07, 6.45) is 1.64. The summed E-state index contributed by atoms with van der Waals surface area (Å²) in [5.74, 6) is 0.174. The Morgan fingerprint density at radius 2 is 2.22 bits per heavy atom. The van der Waals surface area contributed by atoms with Crippen LogP contribution in [0.4, 0.5) is 11.5 Å². The first-order valence-corrected chi connectivity index (χ1v) is 7.99. The van der Waals surface area contributed by atoms with Gasteiger partial charge in [0.05, 0.1) is 26.5 Å². The van der Waals surface area contributed by atoms with Crippen molar-refractivity contribution in [2.45, 2.75) is 6.92 Å². The van der Waals surface area contributed by atoms with E-state index in [1.807, 2.05) is 13.0 Å². The van der Waals surface area contributed by atoms with Crippen LogP contribution < -0.4 is 16.5 Å². The van der Waals surface area contributed by atoms with Crippen molar-refractivity contribution in [2.24, 2.45) is 11.0 Å². The molecule has 2 aromatic rings. The summed E-state index contributed by atoms with van der Waals surface area (Å²) in [6.45, 7) is 6.04. The fourth-order valence-electron chi connectivity index (χ4n) is 1.96. The molecule has 0 aromatic carbocycles. The molecule has 0 fully saturated rings. The van der Waals surface area contributed by atoms with Crippen LogP contribution in [0.1, 0.15) is 11.8 Å². The van der Waals surface area contributed by atoms with E-state index in [1.54, 1.807) is 12.3 Å². The zero-order valence-corrected chi connectivity index (χ0v) is 13.7. The number of nitrogen functional groups attached to an aromatic ring is 1. The summed E-state index contributed by atoms with van der Waals surface area (Å²) in [4.78, 5) is 5.24. The second-order valence-corrected chi connectivity index (χ2v) is 6.06. The lowest BCUT2D eigenvalue weighted by Gasteiger charge is -2.13. The van der Waals surface area contributed by atoms with E-state index in [2.05, 4.69) is 27.4 Å². The van der Waals surface area contributed by atoms with Crippen molar-refractivity contribution in [1.82, 2.24) is 10.4 Å². The molecule has 0 spiro atoms. The average molecular weight is 335 g/mol. The van der Waals surface area contributed by atoms with E-state index in [4.69, 9.17) is 15.9 Å². The molecule has 0 aliphatic carbocycles. The molecule has 23 heavy (non-hydrogen) atoms. The highest BCUT2D eigenvalue weighted by Crippen LogP contribution is 2.34. The predicted octanol–water partition coefficient (Wildman–Crippen LogP) is 1.46. The molecule has 0 atom stereocenters. The first kappa shape index (κ1) is 17.2. The third kappa shape index (κ3) is 4.19. The van der Waals surface area contributed by atoms with Gasteiger partial charge in [0, 0.05) is 38.0 Å². The first-order chi connectivity index (χ1) is 11.1. The molecule has 0 saturated heterocycles. The molecule has 124 valence electrons. The lowest BCUT2D eigenvalue weighted by atomic mass is 10.2. The summed E-state index contributed by atoms with van der Waals surface area (Å²) in [6, 6.07) is 3.65. The Balaban J connectivity index is 2.29. The third-order valence-corrected chi connectivity index (χ3v) is 4.44. The zero-order chi connectivity index (χ0) is 16.8. The van der Waals surface area contributed by atoms with Gasteiger partial charge in [0.25, 0.3) is 0 Å². The normalized spacial score (nSPS) is 11.5. The maximum atomic E-state index is 9.16. The van der Waals surface area contributed by atoms with E-state index in [-0.39, 0.29) is 19.1 Å². The second kappa shape index (κ2) is 7.91. The minimum absolute atomic E-state index is 0.0847. The van der Waals surface area contributed by atoms with Gasteiger partial charge in [-0.2, -0.15) is 5.10 Å². The van der Waals surface area contributed by atoms with Crippen molar-refractivity contribution in [2.75, 3.05) is 30.8 Å². The maximum Gasteiger partial charge on any atom is 0.126 e. The van der Waals surface area contributed by atoms with Crippen LogP contribution in [-0.2, 0) is 0 Å². The van der Waals surface area contributed by atoms with Gasteiger partial charge in [-0.1, -0.05) is 6.58 Å². The van der Waals surface area contributed by atoms with Crippen LogP contribution in [0.3, 0.4) is 0 Å². The standard InChI is InChI=1S/C15H21N5O2S/c1-3-18-20-9(2)13-4-12-15(23-13)11(5-14(16)19-12)17-6-10(7-21)8-22/h3-5,10,20-22H,2,6-8H2,1H3,(H3,16,17,19)/b18-3-. The number of aromatic nitrogens is 1. The SMILES string of the molecule is C=C(N/N=C\C)c1cc2nc(N)cc(NCC(CO)CO)c2s1. The lowest BCUT2D eigenvalue weighted by molar-refractivity contribution is 0.158. The summed E-state index contributed by atoms with van der Waals surface area (Å²) in [5.41, 5.74) is 11.0. The number of anilines is 2. The number of thiophene rings is 1. The molecule has 6 N–H and O–H groups in total. The Kier molecular flexibility index (Phi) is 5.91. The first-order valence-electron chi connectivity index (χ1n) is 7.17. The van der Waals surface area contributed by atoms with Gasteiger partial charge in [-0.25, -0.2) is 4.98 Å². The summed E-state index contributed by atoms with van der Waals surface area (Å²) < 4.78 is 0.937. The molecule has 2 aromatic heterocycles. The summed E-state index contributed by atoms with van der Waals surface area (Å²) in [7, 11) is 0. The summed E-state index contributed by atoms with van der Waals surface area (Å²) >= 11 is 1.52. The van der Waals surface area contributed by atoms with Crippen LogP contribution in [0.5, 0.6) is 0 Å². The van der Waals surface area contributed by atoms with Crippen molar-refractivity contribution in [1.29, 1.82) is 0 Å². The molecule has 0 amide bonds. The number of hydrogen-bond acceptors (Lipinski definition) is 8. The van der Waals surface area contributed by atoms with Crippen LogP contribution >= 0.6 is 11.3 Å². The molecule has 0 radical (unpaired) electrons. The van der Waals surface area contributed by atoms with Crippen molar-refractivity contribution in [3.63, 3.8) is 0 Å².